The van der Waals surface area contributed by atoms with Gasteiger partial charge in [-0.2, -0.15) is 0 Å². The molecule has 0 spiro atoms. The van der Waals surface area contributed by atoms with Crippen LogP contribution in [0, 0.1) is 10.1 Å². The minimum absolute atomic E-state index is 0.00798. The molecular weight excluding hydrogens is 316 g/mol. The number of nitro benzene ring substituents is 1. The van der Waals surface area contributed by atoms with Gasteiger partial charge in [-0.25, -0.2) is 0 Å². The van der Waals surface area contributed by atoms with Crippen molar-refractivity contribution in [1.29, 1.82) is 0 Å². The van der Waals surface area contributed by atoms with E-state index in [0.717, 1.165) is 0 Å². The smallest absolute Gasteiger partial charge is 0.275 e. The Bertz CT molecular complexity index is 428. The van der Waals surface area contributed by atoms with E-state index in [2.05, 4.69) is 15.9 Å². The topological polar surface area (TPSA) is 75.8 Å². The highest BCUT2D eigenvalue weighted by Crippen LogP contribution is 2.24. The van der Waals surface area contributed by atoms with Gasteiger partial charge in [0.1, 0.15) is 0 Å². The maximum absolute atomic E-state index is 11.0. The van der Waals surface area contributed by atoms with Gasteiger partial charge in [-0.1, -0.05) is 15.9 Å². The molecule has 7 heteroatoms. The third-order valence-electron chi connectivity index (χ3n) is 2.67. The van der Waals surface area contributed by atoms with Crippen LogP contribution in [0.3, 0.4) is 0 Å². The third kappa shape index (κ3) is 5.23. The Morgan fingerprint density at radius 1 is 1.47 bits per heavy atom. The quantitative estimate of drug-likeness (QED) is 0.580. The number of ether oxygens (including phenoxy) is 1. The summed E-state index contributed by atoms with van der Waals surface area (Å²) in [5, 5.41) is 20.0. The van der Waals surface area contributed by atoms with E-state index in [9.17, 15) is 10.1 Å². The van der Waals surface area contributed by atoms with E-state index < -0.39 is 4.92 Å². The predicted molar refractivity (Wildman–Crippen MR) is 75.0 cm³/mol. The molecule has 0 saturated carbocycles. The van der Waals surface area contributed by atoms with Crippen molar-refractivity contribution < 1.29 is 14.8 Å². The maximum Gasteiger partial charge on any atom is 0.275 e. The molecule has 0 fully saturated rings. The van der Waals surface area contributed by atoms with E-state index in [-0.39, 0.29) is 12.3 Å². The van der Waals surface area contributed by atoms with Crippen LogP contribution in [0.15, 0.2) is 22.7 Å². The first-order valence-corrected chi connectivity index (χ1v) is 6.62. The van der Waals surface area contributed by atoms with Crippen molar-refractivity contribution in [2.45, 2.75) is 6.54 Å². The van der Waals surface area contributed by atoms with Gasteiger partial charge >= 0.3 is 0 Å². The molecule has 0 heterocycles. The van der Waals surface area contributed by atoms with Crippen molar-refractivity contribution in [2.75, 3.05) is 33.4 Å². The maximum atomic E-state index is 11.0. The Kier molecular flexibility index (Phi) is 6.93. The molecule has 0 radical (unpaired) electrons. The van der Waals surface area contributed by atoms with Crippen LogP contribution in [0.1, 0.15) is 5.56 Å². The van der Waals surface area contributed by atoms with Gasteiger partial charge in [0.2, 0.25) is 0 Å². The molecule has 106 valence electrons. The fraction of sp³-hybridized carbons (Fsp3) is 0.500. The van der Waals surface area contributed by atoms with Crippen molar-refractivity contribution in [3.63, 3.8) is 0 Å². The zero-order valence-corrected chi connectivity index (χ0v) is 12.3. The molecule has 19 heavy (non-hydrogen) atoms. The summed E-state index contributed by atoms with van der Waals surface area (Å²) in [7, 11) is 1.60. The zero-order valence-electron chi connectivity index (χ0n) is 10.7. The molecule has 0 saturated heterocycles. The summed E-state index contributed by atoms with van der Waals surface area (Å²) < 4.78 is 5.66. The Labute approximate surface area is 120 Å². The fourth-order valence-corrected chi connectivity index (χ4v) is 2.06. The molecule has 1 aromatic rings. The lowest BCUT2D eigenvalue weighted by Crippen LogP contribution is -2.30. The molecule has 0 bridgehead atoms. The third-order valence-corrected chi connectivity index (χ3v) is 3.16. The van der Waals surface area contributed by atoms with Gasteiger partial charge in [-0.3, -0.25) is 15.0 Å². The number of halogens is 1. The van der Waals surface area contributed by atoms with Crippen molar-refractivity contribution in [1.82, 2.24) is 4.90 Å². The lowest BCUT2D eigenvalue weighted by Gasteiger charge is -2.20. The highest BCUT2D eigenvalue weighted by molar-refractivity contribution is 9.10. The number of hydrogen-bond acceptors (Lipinski definition) is 5. The highest BCUT2D eigenvalue weighted by atomic mass is 79.9. The molecule has 6 nitrogen and oxygen atoms in total. The molecule has 1 rings (SSSR count). The van der Waals surface area contributed by atoms with Crippen LogP contribution >= 0.6 is 15.9 Å². The van der Waals surface area contributed by atoms with E-state index >= 15 is 0 Å². The van der Waals surface area contributed by atoms with Crippen LogP contribution in [0.5, 0.6) is 0 Å². The Morgan fingerprint density at radius 3 is 2.79 bits per heavy atom. The van der Waals surface area contributed by atoms with Crippen LogP contribution in [-0.4, -0.2) is 48.3 Å². The van der Waals surface area contributed by atoms with Crippen LogP contribution in [0.4, 0.5) is 5.69 Å². The van der Waals surface area contributed by atoms with Crippen molar-refractivity contribution in [2.24, 2.45) is 0 Å². The van der Waals surface area contributed by atoms with Gasteiger partial charge < -0.3 is 9.84 Å². The number of nitro groups is 1. The molecular formula is C12H17BrN2O4. The predicted octanol–water partition coefficient (Wildman–Crippen LogP) is 1.80. The second kappa shape index (κ2) is 8.21. The number of benzene rings is 1. The van der Waals surface area contributed by atoms with Crippen LogP contribution in [0.2, 0.25) is 0 Å². The van der Waals surface area contributed by atoms with Crippen molar-refractivity contribution in [3.8, 4) is 0 Å². The summed E-state index contributed by atoms with van der Waals surface area (Å²) in [5.41, 5.74) is 0.701. The molecule has 0 aliphatic heterocycles. The Balaban J connectivity index is 2.85. The first-order chi connectivity index (χ1) is 9.08. The molecule has 0 unspecified atom stereocenters. The molecule has 0 aromatic heterocycles. The Hall–Kier alpha value is -1.02. The number of rotatable bonds is 8. The number of hydrogen-bond donors (Lipinski definition) is 1. The summed E-state index contributed by atoms with van der Waals surface area (Å²) >= 11 is 3.23. The van der Waals surface area contributed by atoms with Crippen molar-refractivity contribution in [3.05, 3.63) is 38.3 Å². The van der Waals surface area contributed by atoms with E-state index in [0.29, 0.717) is 36.3 Å². The van der Waals surface area contributed by atoms with E-state index in [1.54, 1.807) is 19.2 Å². The summed E-state index contributed by atoms with van der Waals surface area (Å²) in [6.45, 7) is 2.01. The van der Waals surface area contributed by atoms with Gasteiger partial charge in [0.05, 0.1) is 18.1 Å². The summed E-state index contributed by atoms with van der Waals surface area (Å²) in [6, 6.07) is 4.98. The van der Waals surface area contributed by atoms with E-state index in [4.69, 9.17) is 9.84 Å². The van der Waals surface area contributed by atoms with E-state index in [1.807, 2.05) is 4.90 Å². The van der Waals surface area contributed by atoms with Crippen LogP contribution < -0.4 is 0 Å². The van der Waals surface area contributed by atoms with Gasteiger partial charge in [0.25, 0.3) is 5.69 Å². The summed E-state index contributed by atoms with van der Waals surface area (Å²) in [5.74, 6) is 0. The van der Waals surface area contributed by atoms with E-state index in [1.165, 1.54) is 6.07 Å². The first kappa shape index (κ1) is 16.0. The number of methoxy groups -OCH3 is 1. The van der Waals surface area contributed by atoms with Gasteiger partial charge in [-0.05, 0) is 12.1 Å². The fourth-order valence-electron chi connectivity index (χ4n) is 1.71. The molecule has 1 N–H and O–H groups in total. The van der Waals surface area contributed by atoms with Crippen molar-refractivity contribution >= 4 is 21.6 Å². The lowest BCUT2D eigenvalue weighted by atomic mass is 10.1. The second-order valence-corrected chi connectivity index (χ2v) is 4.94. The average molecular weight is 333 g/mol. The average Bonchev–Trinajstić information content (AvgIpc) is 2.38. The monoisotopic (exact) mass is 332 g/mol. The van der Waals surface area contributed by atoms with Gasteiger partial charge in [0, 0.05) is 42.8 Å². The summed E-state index contributed by atoms with van der Waals surface area (Å²) in [6.07, 6.45) is 0. The lowest BCUT2D eigenvalue weighted by molar-refractivity contribution is -0.385. The number of aliphatic hydroxyl groups is 1. The molecule has 1 aromatic carbocycles. The first-order valence-electron chi connectivity index (χ1n) is 5.83. The normalized spacial score (nSPS) is 10.9. The molecule has 0 aliphatic rings. The van der Waals surface area contributed by atoms with Crippen LogP contribution in [-0.2, 0) is 11.3 Å². The zero-order chi connectivity index (χ0) is 14.3. The summed E-state index contributed by atoms with van der Waals surface area (Å²) in [4.78, 5) is 12.5. The van der Waals surface area contributed by atoms with Gasteiger partial charge in [-0.15, -0.1) is 0 Å². The van der Waals surface area contributed by atoms with Crippen LogP contribution in [0.25, 0.3) is 0 Å². The molecule has 0 atom stereocenters. The largest absolute Gasteiger partial charge is 0.395 e. The minimum Gasteiger partial charge on any atom is -0.395 e. The van der Waals surface area contributed by atoms with Gasteiger partial charge in [0.15, 0.2) is 0 Å². The standard InChI is InChI=1S/C12H17BrN2O4/c1-19-7-5-14(4-6-16)9-10-2-3-11(13)8-12(10)15(17)18/h2-3,8,16H,4-7,9H2,1H3. The minimum atomic E-state index is -0.395. The second-order valence-electron chi connectivity index (χ2n) is 4.02. The number of nitrogens with zero attached hydrogens (tertiary/aromatic N) is 2. The number of aliphatic hydroxyl groups excluding tert-OH is 1. The molecule has 0 amide bonds. The Morgan fingerprint density at radius 2 is 2.21 bits per heavy atom. The highest BCUT2D eigenvalue weighted by Gasteiger charge is 2.16. The molecule has 0 aliphatic carbocycles. The SMILES string of the molecule is COCCN(CCO)Cc1ccc(Br)cc1[N+](=O)[O-].